The van der Waals surface area contributed by atoms with Gasteiger partial charge in [0.05, 0.1) is 26.3 Å². The Morgan fingerprint density at radius 3 is 2.24 bits per heavy atom. The molecule has 106 valence electrons. The van der Waals surface area contributed by atoms with Gasteiger partial charge in [-0.2, -0.15) is 5.26 Å². The van der Waals surface area contributed by atoms with Gasteiger partial charge in [0.25, 0.3) is 5.91 Å². The van der Waals surface area contributed by atoms with Crippen molar-refractivity contribution in [2.75, 3.05) is 11.1 Å². The fourth-order valence-electron chi connectivity index (χ4n) is 1.60. The number of anilines is 2. The number of amides is 1. The molecule has 0 aliphatic rings. The minimum Gasteiger partial charge on any atom is -0.396 e. The molecule has 1 amide bonds. The quantitative estimate of drug-likeness (QED) is 0.797. The first kappa shape index (κ1) is 15.5. The highest BCUT2D eigenvalue weighted by Crippen LogP contribution is 2.29. The number of benzene rings is 2. The molecule has 0 aromatic heterocycles. The number of carbonyl (C=O) groups excluding carboxylic acids is 1. The number of rotatable bonds is 2. The largest absolute Gasteiger partial charge is 0.396 e. The number of nitrogens with zero attached hydrogens (tertiary/aromatic N) is 1. The zero-order valence-electron chi connectivity index (χ0n) is 10.5. The Morgan fingerprint density at radius 2 is 1.71 bits per heavy atom. The van der Waals surface area contributed by atoms with Crippen molar-refractivity contribution in [3.8, 4) is 6.07 Å². The fourth-order valence-corrected chi connectivity index (χ4v) is 2.31. The first-order valence-electron chi connectivity index (χ1n) is 5.68. The van der Waals surface area contributed by atoms with Gasteiger partial charge in [-0.3, -0.25) is 4.79 Å². The summed E-state index contributed by atoms with van der Waals surface area (Å²) in [5, 5.41) is 12.1. The molecule has 7 heteroatoms. The van der Waals surface area contributed by atoms with E-state index in [0.29, 0.717) is 11.3 Å². The molecule has 0 spiro atoms. The van der Waals surface area contributed by atoms with Crippen LogP contribution in [-0.4, -0.2) is 5.91 Å². The molecule has 0 atom stereocenters. The summed E-state index contributed by atoms with van der Waals surface area (Å²) in [6.07, 6.45) is 0. The van der Waals surface area contributed by atoms with Crippen LogP contribution in [0.3, 0.4) is 0 Å². The van der Waals surface area contributed by atoms with E-state index in [-0.39, 0.29) is 26.3 Å². The van der Waals surface area contributed by atoms with E-state index in [2.05, 4.69) is 5.32 Å². The molecule has 0 aliphatic heterocycles. The van der Waals surface area contributed by atoms with Gasteiger partial charge in [-0.15, -0.1) is 0 Å². The lowest BCUT2D eigenvalue weighted by molar-refractivity contribution is 0.102. The van der Waals surface area contributed by atoms with E-state index in [1.807, 2.05) is 6.07 Å². The summed E-state index contributed by atoms with van der Waals surface area (Å²) < 4.78 is 0. The maximum Gasteiger partial charge on any atom is 0.255 e. The van der Waals surface area contributed by atoms with Gasteiger partial charge < -0.3 is 11.1 Å². The van der Waals surface area contributed by atoms with Crippen LogP contribution in [0.4, 0.5) is 11.4 Å². The molecule has 4 nitrogen and oxygen atoms in total. The van der Waals surface area contributed by atoms with Crippen molar-refractivity contribution >= 4 is 52.1 Å². The van der Waals surface area contributed by atoms with Crippen molar-refractivity contribution in [3.05, 3.63) is 56.5 Å². The molecule has 0 unspecified atom stereocenters. The third kappa shape index (κ3) is 3.40. The van der Waals surface area contributed by atoms with Crippen molar-refractivity contribution in [2.24, 2.45) is 0 Å². The normalized spacial score (nSPS) is 10.0. The minimum absolute atomic E-state index is 0.200. The molecule has 3 N–H and O–H groups in total. The SMILES string of the molecule is N#Cc1ccc(NC(=O)c2cc(Cl)c(N)c(Cl)c2)cc1Cl. The Balaban J connectivity index is 2.26. The molecule has 2 aromatic carbocycles. The molecule has 0 fully saturated rings. The average Bonchev–Trinajstić information content (AvgIpc) is 2.44. The number of carbonyl (C=O) groups is 1. The van der Waals surface area contributed by atoms with Gasteiger partial charge in [0.15, 0.2) is 0 Å². The lowest BCUT2D eigenvalue weighted by Gasteiger charge is -2.08. The fraction of sp³-hybridized carbons (Fsp3) is 0. The number of hydrogen-bond acceptors (Lipinski definition) is 3. The van der Waals surface area contributed by atoms with Gasteiger partial charge in [-0.05, 0) is 30.3 Å². The maximum absolute atomic E-state index is 12.1. The van der Waals surface area contributed by atoms with Crippen LogP contribution in [0.1, 0.15) is 15.9 Å². The number of nitriles is 1. The van der Waals surface area contributed by atoms with E-state index in [0.717, 1.165) is 0 Å². The molecule has 0 heterocycles. The van der Waals surface area contributed by atoms with Crippen molar-refractivity contribution in [2.45, 2.75) is 0 Å². The third-order valence-corrected chi connectivity index (χ3v) is 3.63. The van der Waals surface area contributed by atoms with Crippen LogP contribution in [0, 0.1) is 11.3 Å². The standard InChI is InChI=1S/C14H8Cl3N3O/c15-10-5-9(2-1-7(10)6-18)20-14(21)8-3-11(16)13(19)12(17)4-8/h1-5H,19H2,(H,20,21). The van der Waals surface area contributed by atoms with Crippen LogP contribution in [0.5, 0.6) is 0 Å². The summed E-state index contributed by atoms with van der Waals surface area (Å²) in [5.41, 5.74) is 6.87. The number of nitrogens with one attached hydrogen (secondary N) is 1. The van der Waals surface area contributed by atoms with Gasteiger partial charge in [0.2, 0.25) is 0 Å². The lowest BCUT2D eigenvalue weighted by Crippen LogP contribution is -2.12. The van der Waals surface area contributed by atoms with Gasteiger partial charge in [0, 0.05) is 11.3 Å². The summed E-state index contributed by atoms with van der Waals surface area (Å²) in [6.45, 7) is 0. The van der Waals surface area contributed by atoms with Crippen molar-refractivity contribution in [1.29, 1.82) is 5.26 Å². The highest BCUT2D eigenvalue weighted by atomic mass is 35.5. The summed E-state index contributed by atoms with van der Waals surface area (Å²) in [6, 6.07) is 9.35. The van der Waals surface area contributed by atoms with Gasteiger partial charge in [-0.1, -0.05) is 34.8 Å². The predicted octanol–water partition coefficient (Wildman–Crippen LogP) is 4.35. The minimum atomic E-state index is -0.417. The molecule has 21 heavy (non-hydrogen) atoms. The first-order valence-corrected chi connectivity index (χ1v) is 6.81. The first-order chi connectivity index (χ1) is 9.92. The van der Waals surface area contributed by atoms with Crippen LogP contribution in [0.2, 0.25) is 15.1 Å². The average molecular weight is 341 g/mol. The second kappa shape index (κ2) is 6.23. The second-order valence-corrected chi connectivity index (χ2v) is 5.34. The van der Waals surface area contributed by atoms with Crippen LogP contribution in [-0.2, 0) is 0 Å². The van der Waals surface area contributed by atoms with E-state index < -0.39 is 5.91 Å². The molecular formula is C14H8Cl3N3O. The van der Waals surface area contributed by atoms with Crippen molar-refractivity contribution in [1.82, 2.24) is 0 Å². The molecule has 0 saturated carbocycles. The number of nitrogens with two attached hydrogens (primary N) is 1. The highest BCUT2D eigenvalue weighted by Gasteiger charge is 2.12. The molecule has 0 aliphatic carbocycles. The topological polar surface area (TPSA) is 78.9 Å². The Labute approximate surface area is 136 Å². The van der Waals surface area contributed by atoms with Crippen molar-refractivity contribution < 1.29 is 4.79 Å². The van der Waals surface area contributed by atoms with E-state index >= 15 is 0 Å². The Morgan fingerprint density at radius 1 is 1.10 bits per heavy atom. The van der Waals surface area contributed by atoms with Crippen molar-refractivity contribution in [3.63, 3.8) is 0 Å². The maximum atomic E-state index is 12.1. The number of halogens is 3. The van der Waals surface area contributed by atoms with E-state index in [4.69, 9.17) is 45.8 Å². The zero-order chi connectivity index (χ0) is 15.6. The summed E-state index contributed by atoms with van der Waals surface area (Å²) in [5.74, 6) is -0.417. The molecule has 2 aromatic rings. The molecular weight excluding hydrogens is 333 g/mol. The van der Waals surface area contributed by atoms with Gasteiger partial charge in [0.1, 0.15) is 6.07 Å². The van der Waals surface area contributed by atoms with Crippen LogP contribution in [0.15, 0.2) is 30.3 Å². The molecule has 2 rings (SSSR count). The van der Waals surface area contributed by atoms with Gasteiger partial charge in [-0.25, -0.2) is 0 Å². The highest BCUT2D eigenvalue weighted by molar-refractivity contribution is 6.39. The van der Waals surface area contributed by atoms with Crippen LogP contribution in [0.25, 0.3) is 0 Å². The number of hydrogen-bond donors (Lipinski definition) is 2. The summed E-state index contributed by atoms with van der Waals surface area (Å²) in [7, 11) is 0. The summed E-state index contributed by atoms with van der Waals surface area (Å²) >= 11 is 17.7. The molecule has 0 saturated heterocycles. The van der Waals surface area contributed by atoms with Crippen LogP contribution < -0.4 is 11.1 Å². The second-order valence-electron chi connectivity index (χ2n) is 4.11. The molecule has 0 radical (unpaired) electrons. The third-order valence-electron chi connectivity index (χ3n) is 2.69. The Kier molecular flexibility index (Phi) is 4.59. The Bertz CT molecular complexity index is 746. The van der Waals surface area contributed by atoms with E-state index in [1.54, 1.807) is 6.07 Å². The summed E-state index contributed by atoms with van der Waals surface area (Å²) in [4.78, 5) is 12.1. The zero-order valence-corrected chi connectivity index (χ0v) is 12.7. The predicted molar refractivity (Wildman–Crippen MR) is 85.0 cm³/mol. The Hall–Kier alpha value is -1.93. The van der Waals surface area contributed by atoms with E-state index in [9.17, 15) is 4.79 Å². The smallest absolute Gasteiger partial charge is 0.255 e. The van der Waals surface area contributed by atoms with Crippen LogP contribution >= 0.6 is 34.8 Å². The molecule has 0 bridgehead atoms. The number of nitrogen functional groups attached to an aromatic ring is 1. The van der Waals surface area contributed by atoms with Gasteiger partial charge >= 0.3 is 0 Å². The van der Waals surface area contributed by atoms with E-state index in [1.165, 1.54) is 24.3 Å². The monoisotopic (exact) mass is 339 g/mol. The lowest BCUT2D eigenvalue weighted by atomic mass is 10.1.